The molecule has 0 aliphatic carbocycles. The number of nitrogens with one attached hydrogen (secondary N) is 2. The van der Waals surface area contributed by atoms with Crippen LogP contribution in [0.3, 0.4) is 0 Å². The zero-order valence-electron chi connectivity index (χ0n) is 14.2. The number of rotatable bonds is 6. The number of hydrogen-bond acceptors (Lipinski definition) is 5. The van der Waals surface area contributed by atoms with Crippen molar-refractivity contribution in [2.24, 2.45) is 0 Å². The van der Waals surface area contributed by atoms with Gasteiger partial charge in [0.1, 0.15) is 6.04 Å². The highest BCUT2D eigenvalue weighted by Crippen LogP contribution is 2.25. The third kappa shape index (κ3) is 6.79. The van der Waals surface area contributed by atoms with Crippen molar-refractivity contribution in [1.29, 1.82) is 0 Å². The molecule has 150 valence electrons. The molecule has 1 unspecified atom stereocenters. The van der Waals surface area contributed by atoms with E-state index in [4.69, 9.17) is 4.74 Å². The Morgan fingerprint density at radius 1 is 1.38 bits per heavy atom. The Bertz CT molecular complexity index is 558. The number of halogens is 5. The maximum absolute atomic E-state index is 13.3. The van der Waals surface area contributed by atoms with Crippen LogP contribution in [0.5, 0.6) is 5.75 Å². The van der Waals surface area contributed by atoms with E-state index in [2.05, 4.69) is 15.6 Å². The molecule has 11 heteroatoms. The van der Waals surface area contributed by atoms with E-state index in [1.54, 1.807) is 19.1 Å². The monoisotopic (exact) mass is 418 g/mol. The maximum atomic E-state index is 13.3. The Balaban J connectivity index is 0.00000312. The predicted molar refractivity (Wildman–Crippen MR) is 96.5 cm³/mol. The van der Waals surface area contributed by atoms with Crippen LogP contribution in [0, 0.1) is 0 Å². The third-order valence-electron chi connectivity index (χ3n) is 3.71. The SMILES string of the molecule is CCOc1cccnc1C(=O)NCC(N1CCNCC1)C(F)(F)F.Cl.Cl. The summed E-state index contributed by atoms with van der Waals surface area (Å²) < 4.78 is 45.2. The van der Waals surface area contributed by atoms with Crippen molar-refractivity contribution in [3.8, 4) is 5.75 Å². The summed E-state index contributed by atoms with van der Waals surface area (Å²) in [5.41, 5.74) is -0.0133. The summed E-state index contributed by atoms with van der Waals surface area (Å²) >= 11 is 0. The summed E-state index contributed by atoms with van der Waals surface area (Å²) in [5, 5.41) is 5.35. The van der Waals surface area contributed by atoms with Gasteiger partial charge in [-0.3, -0.25) is 9.69 Å². The fourth-order valence-corrected chi connectivity index (χ4v) is 2.55. The first-order valence-corrected chi connectivity index (χ1v) is 7.81. The number of ether oxygens (including phenoxy) is 1. The lowest BCUT2D eigenvalue weighted by Crippen LogP contribution is -2.57. The normalized spacial score (nSPS) is 16.0. The fraction of sp³-hybridized carbons (Fsp3) is 0.600. The van der Waals surface area contributed by atoms with Crippen LogP contribution < -0.4 is 15.4 Å². The highest BCUT2D eigenvalue weighted by atomic mass is 35.5. The number of hydrogen-bond donors (Lipinski definition) is 2. The molecule has 1 amide bonds. The molecule has 0 radical (unpaired) electrons. The zero-order chi connectivity index (χ0) is 17.6. The number of carbonyl (C=O) groups is 1. The van der Waals surface area contributed by atoms with Crippen LogP contribution in [0.25, 0.3) is 0 Å². The van der Waals surface area contributed by atoms with Gasteiger partial charge in [-0.2, -0.15) is 13.2 Å². The van der Waals surface area contributed by atoms with Gasteiger partial charge in [0, 0.05) is 38.9 Å². The summed E-state index contributed by atoms with van der Waals surface area (Å²) in [5.74, 6) is -0.424. The smallest absolute Gasteiger partial charge is 0.405 e. The number of alkyl halides is 3. The summed E-state index contributed by atoms with van der Waals surface area (Å²) in [6.07, 6.45) is -3.02. The van der Waals surface area contributed by atoms with Crippen molar-refractivity contribution in [1.82, 2.24) is 20.5 Å². The average Bonchev–Trinajstić information content (AvgIpc) is 2.55. The van der Waals surface area contributed by atoms with Crippen molar-refractivity contribution in [3.05, 3.63) is 24.0 Å². The minimum absolute atomic E-state index is 0. The quantitative estimate of drug-likeness (QED) is 0.738. The second kappa shape index (κ2) is 11.4. The zero-order valence-corrected chi connectivity index (χ0v) is 15.8. The Kier molecular flexibility index (Phi) is 10.9. The van der Waals surface area contributed by atoms with E-state index in [-0.39, 0.29) is 49.3 Å². The van der Waals surface area contributed by atoms with Crippen molar-refractivity contribution in [2.75, 3.05) is 39.3 Å². The van der Waals surface area contributed by atoms with E-state index in [9.17, 15) is 18.0 Å². The van der Waals surface area contributed by atoms with E-state index in [0.29, 0.717) is 19.7 Å². The first-order chi connectivity index (χ1) is 11.4. The second-order valence-electron chi connectivity index (χ2n) is 5.34. The highest BCUT2D eigenvalue weighted by molar-refractivity contribution is 5.94. The van der Waals surface area contributed by atoms with Gasteiger partial charge >= 0.3 is 6.18 Å². The number of amides is 1. The lowest BCUT2D eigenvalue weighted by molar-refractivity contribution is -0.183. The van der Waals surface area contributed by atoms with Gasteiger partial charge in [-0.05, 0) is 19.1 Å². The van der Waals surface area contributed by atoms with Crippen molar-refractivity contribution in [3.63, 3.8) is 0 Å². The minimum Gasteiger partial charge on any atom is -0.491 e. The Hall–Kier alpha value is -1.29. The van der Waals surface area contributed by atoms with Crippen LogP contribution in [0.1, 0.15) is 17.4 Å². The van der Waals surface area contributed by atoms with Gasteiger partial charge in [0.05, 0.1) is 6.61 Å². The number of piperazine rings is 1. The molecule has 1 aromatic rings. The molecule has 6 nitrogen and oxygen atoms in total. The molecule has 0 aromatic carbocycles. The molecule has 1 aromatic heterocycles. The van der Waals surface area contributed by atoms with Crippen LogP contribution in [0.2, 0.25) is 0 Å². The first-order valence-electron chi connectivity index (χ1n) is 7.81. The lowest BCUT2D eigenvalue weighted by atomic mass is 10.2. The van der Waals surface area contributed by atoms with Crippen LogP contribution in [-0.4, -0.2) is 67.3 Å². The number of pyridine rings is 1. The van der Waals surface area contributed by atoms with Crippen LogP contribution in [0.4, 0.5) is 13.2 Å². The molecular weight excluding hydrogens is 396 g/mol. The number of nitrogens with zero attached hydrogens (tertiary/aromatic N) is 2. The first kappa shape index (κ1) is 24.7. The highest BCUT2D eigenvalue weighted by Gasteiger charge is 2.43. The average molecular weight is 419 g/mol. The largest absolute Gasteiger partial charge is 0.491 e. The van der Waals surface area contributed by atoms with E-state index >= 15 is 0 Å². The topological polar surface area (TPSA) is 66.5 Å². The molecule has 0 saturated carbocycles. The molecule has 0 spiro atoms. The van der Waals surface area contributed by atoms with Crippen LogP contribution in [-0.2, 0) is 0 Å². The predicted octanol–water partition coefficient (Wildman–Crippen LogP) is 1.89. The van der Waals surface area contributed by atoms with E-state index in [0.717, 1.165) is 0 Å². The Morgan fingerprint density at radius 2 is 2.04 bits per heavy atom. The van der Waals surface area contributed by atoms with Gasteiger partial charge in [0.2, 0.25) is 0 Å². The van der Waals surface area contributed by atoms with Gasteiger partial charge in [-0.15, -0.1) is 24.8 Å². The molecule has 1 aliphatic heterocycles. The summed E-state index contributed by atoms with van der Waals surface area (Å²) in [6.45, 7) is 3.12. The molecular formula is C15H23Cl2F3N4O2. The van der Waals surface area contributed by atoms with E-state index in [1.807, 2.05) is 0 Å². The summed E-state index contributed by atoms with van der Waals surface area (Å²) in [6, 6.07) is 1.44. The number of carbonyl (C=O) groups excluding carboxylic acids is 1. The molecule has 1 atom stereocenters. The molecule has 1 fully saturated rings. The van der Waals surface area contributed by atoms with Gasteiger partial charge in [0.25, 0.3) is 5.91 Å². The van der Waals surface area contributed by atoms with Gasteiger partial charge in [0.15, 0.2) is 11.4 Å². The lowest BCUT2D eigenvalue weighted by Gasteiger charge is -2.35. The molecule has 26 heavy (non-hydrogen) atoms. The summed E-state index contributed by atoms with van der Waals surface area (Å²) in [4.78, 5) is 17.4. The standard InChI is InChI=1S/C15H21F3N4O2.2ClH/c1-2-24-11-4-3-5-20-13(11)14(23)21-10-12(15(16,17)18)22-8-6-19-7-9-22;;/h3-5,12,19H,2,6-10H2,1H3,(H,21,23);2*1H. The molecule has 1 aliphatic rings. The van der Waals surface area contributed by atoms with Crippen LogP contribution >= 0.6 is 24.8 Å². The van der Waals surface area contributed by atoms with E-state index in [1.165, 1.54) is 11.1 Å². The Labute approximate surface area is 162 Å². The van der Waals surface area contributed by atoms with Crippen LogP contribution in [0.15, 0.2) is 18.3 Å². The maximum Gasteiger partial charge on any atom is 0.405 e. The molecule has 0 bridgehead atoms. The van der Waals surface area contributed by atoms with Crippen molar-refractivity contribution >= 4 is 30.7 Å². The van der Waals surface area contributed by atoms with Gasteiger partial charge < -0.3 is 15.4 Å². The molecule has 2 rings (SSSR count). The fourth-order valence-electron chi connectivity index (χ4n) is 2.55. The Morgan fingerprint density at radius 3 is 2.62 bits per heavy atom. The number of aromatic nitrogens is 1. The van der Waals surface area contributed by atoms with Crippen molar-refractivity contribution in [2.45, 2.75) is 19.1 Å². The van der Waals surface area contributed by atoms with E-state index < -0.39 is 24.7 Å². The minimum atomic E-state index is -4.42. The van der Waals surface area contributed by atoms with Gasteiger partial charge in [-0.1, -0.05) is 0 Å². The molecule has 1 saturated heterocycles. The molecule has 2 heterocycles. The summed E-state index contributed by atoms with van der Waals surface area (Å²) in [7, 11) is 0. The van der Waals surface area contributed by atoms with Crippen molar-refractivity contribution < 1.29 is 22.7 Å². The second-order valence-corrected chi connectivity index (χ2v) is 5.34. The third-order valence-corrected chi connectivity index (χ3v) is 3.71. The van der Waals surface area contributed by atoms with Gasteiger partial charge in [-0.25, -0.2) is 4.98 Å². The molecule has 2 N–H and O–H groups in total.